The van der Waals surface area contributed by atoms with Crippen molar-refractivity contribution >= 4 is 11.6 Å². The number of fused-ring (bicyclic) bond motifs is 1. The highest BCUT2D eigenvalue weighted by Gasteiger charge is 2.16. The lowest BCUT2D eigenvalue weighted by molar-refractivity contribution is 0.102. The third-order valence-electron chi connectivity index (χ3n) is 2.98. The number of anilines is 1. The molecule has 0 fully saturated rings. The summed E-state index contributed by atoms with van der Waals surface area (Å²) in [4.78, 5) is 23.4. The van der Waals surface area contributed by atoms with Gasteiger partial charge in [0, 0.05) is 24.9 Å². The Labute approximate surface area is 114 Å². The fraction of sp³-hybridized carbons (Fsp3) is 0.143. The van der Waals surface area contributed by atoms with Gasteiger partial charge in [-0.3, -0.25) is 9.59 Å². The maximum Gasteiger partial charge on any atom is 0.255 e. The molecular weight excluding hydrogens is 260 g/mol. The molecule has 1 N–H and O–H groups in total. The molecule has 0 radical (unpaired) electrons. The molecule has 2 aromatic rings. The Morgan fingerprint density at radius 2 is 2.00 bits per heavy atom. The van der Waals surface area contributed by atoms with Crippen LogP contribution in [-0.4, -0.2) is 17.3 Å². The van der Waals surface area contributed by atoms with Crippen molar-refractivity contribution in [2.75, 3.05) is 12.1 Å². The number of hydrogen-bond acceptors (Lipinski definition) is 4. The van der Waals surface area contributed by atoms with Crippen LogP contribution in [0.2, 0.25) is 0 Å². The molecule has 0 unspecified atom stereocenters. The van der Waals surface area contributed by atoms with Gasteiger partial charge in [0.15, 0.2) is 11.5 Å². The summed E-state index contributed by atoms with van der Waals surface area (Å²) in [7, 11) is 1.62. The zero-order valence-electron chi connectivity index (χ0n) is 10.8. The number of amides is 1. The van der Waals surface area contributed by atoms with Crippen molar-refractivity contribution in [3.05, 3.63) is 52.4 Å². The first-order valence-corrected chi connectivity index (χ1v) is 6.01. The zero-order valence-corrected chi connectivity index (χ0v) is 10.8. The first-order valence-electron chi connectivity index (χ1n) is 6.01. The van der Waals surface area contributed by atoms with E-state index in [1.165, 1.54) is 10.6 Å². The van der Waals surface area contributed by atoms with Gasteiger partial charge in [-0.2, -0.15) is 0 Å². The van der Waals surface area contributed by atoms with Crippen molar-refractivity contribution in [2.24, 2.45) is 7.05 Å². The minimum Gasteiger partial charge on any atom is -0.454 e. The average Bonchev–Trinajstić information content (AvgIpc) is 2.90. The fourth-order valence-corrected chi connectivity index (χ4v) is 1.91. The largest absolute Gasteiger partial charge is 0.454 e. The van der Waals surface area contributed by atoms with Crippen molar-refractivity contribution in [1.82, 2.24) is 4.57 Å². The Hall–Kier alpha value is -2.76. The van der Waals surface area contributed by atoms with Crippen LogP contribution in [-0.2, 0) is 7.05 Å². The first kappa shape index (κ1) is 12.3. The molecule has 6 heteroatoms. The SMILES string of the molecule is Cn1cc(NC(=O)c2ccc3c(c2)OCO3)ccc1=O. The van der Waals surface area contributed by atoms with Crippen molar-refractivity contribution in [3.63, 3.8) is 0 Å². The molecular formula is C14H12N2O4. The second-order valence-electron chi connectivity index (χ2n) is 4.39. The number of nitrogens with zero attached hydrogens (tertiary/aromatic N) is 1. The van der Waals surface area contributed by atoms with Crippen molar-refractivity contribution < 1.29 is 14.3 Å². The third-order valence-corrected chi connectivity index (χ3v) is 2.98. The van der Waals surface area contributed by atoms with Crippen LogP contribution in [0, 0.1) is 0 Å². The highest BCUT2D eigenvalue weighted by molar-refractivity contribution is 6.04. The van der Waals surface area contributed by atoms with Crippen molar-refractivity contribution in [3.8, 4) is 11.5 Å². The summed E-state index contributed by atoms with van der Waals surface area (Å²) >= 11 is 0. The van der Waals surface area contributed by atoms with E-state index in [1.54, 1.807) is 37.5 Å². The zero-order chi connectivity index (χ0) is 14.1. The maximum atomic E-state index is 12.1. The van der Waals surface area contributed by atoms with Gasteiger partial charge in [-0.25, -0.2) is 0 Å². The summed E-state index contributed by atoms with van der Waals surface area (Å²) in [5.74, 6) is 0.906. The quantitative estimate of drug-likeness (QED) is 0.896. The number of pyridine rings is 1. The molecule has 1 aliphatic heterocycles. The molecule has 1 aromatic heterocycles. The molecule has 0 aliphatic carbocycles. The average molecular weight is 272 g/mol. The monoisotopic (exact) mass is 272 g/mol. The van der Waals surface area contributed by atoms with Gasteiger partial charge in [-0.15, -0.1) is 0 Å². The molecule has 0 atom stereocenters. The van der Waals surface area contributed by atoms with Gasteiger partial charge in [0.2, 0.25) is 12.4 Å². The number of rotatable bonds is 2. The number of hydrogen-bond donors (Lipinski definition) is 1. The number of aryl methyl sites for hydroxylation is 1. The summed E-state index contributed by atoms with van der Waals surface area (Å²) in [5.41, 5.74) is 0.879. The fourth-order valence-electron chi connectivity index (χ4n) is 1.91. The van der Waals surface area contributed by atoms with Crippen LogP contribution in [0.25, 0.3) is 0 Å². The number of ether oxygens (including phenoxy) is 2. The van der Waals surface area contributed by atoms with Crippen molar-refractivity contribution in [1.29, 1.82) is 0 Å². The summed E-state index contributed by atoms with van der Waals surface area (Å²) in [6, 6.07) is 7.94. The molecule has 1 aromatic carbocycles. The van der Waals surface area contributed by atoms with Gasteiger partial charge >= 0.3 is 0 Å². The molecule has 2 heterocycles. The van der Waals surface area contributed by atoms with E-state index in [9.17, 15) is 9.59 Å². The Kier molecular flexibility index (Phi) is 2.90. The number of nitrogens with one attached hydrogen (secondary N) is 1. The van der Waals surface area contributed by atoms with Crippen molar-refractivity contribution in [2.45, 2.75) is 0 Å². The van der Waals surface area contributed by atoms with E-state index in [0.717, 1.165) is 0 Å². The van der Waals surface area contributed by atoms with Gasteiger partial charge in [0.1, 0.15) is 0 Å². The Balaban J connectivity index is 1.82. The Morgan fingerprint density at radius 3 is 2.80 bits per heavy atom. The highest BCUT2D eigenvalue weighted by Crippen LogP contribution is 2.32. The van der Waals surface area contributed by atoms with Gasteiger partial charge in [0.25, 0.3) is 5.91 Å². The van der Waals surface area contributed by atoms with E-state index in [2.05, 4.69) is 5.32 Å². The molecule has 3 rings (SSSR count). The third kappa shape index (κ3) is 2.23. The molecule has 1 amide bonds. The van der Waals surface area contributed by atoms with Crippen LogP contribution >= 0.6 is 0 Å². The van der Waals surface area contributed by atoms with Crippen LogP contribution in [0.3, 0.4) is 0 Å². The Morgan fingerprint density at radius 1 is 1.20 bits per heavy atom. The van der Waals surface area contributed by atoms with Crippen LogP contribution in [0.1, 0.15) is 10.4 Å². The predicted octanol–water partition coefficient (Wildman–Crippen LogP) is 1.37. The number of benzene rings is 1. The van der Waals surface area contributed by atoms with Crippen LogP contribution < -0.4 is 20.3 Å². The van der Waals surface area contributed by atoms with Crippen LogP contribution in [0.15, 0.2) is 41.3 Å². The lowest BCUT2D eigenvalue weighted by Crippen LogP contribution is -2.17. The van der Waals surface area contributed by atoms with E-state index < -0.39 is 0 Å². The first-order chi connectivity index (χ1) is 9.63. The number of carbonyl (C=O) groups excluding carboxylic acids is 1. The summed E-state index contributed by atoms with van der Waals surface area (Å²) in [6.07, 6.45) is 1.56. The van der Waals surface area contributed by atoms with E-state index in [-0.39, 0.29) is 18.3 Å². The second kappa shape index (κ2) is 4.73. The molecule has 6 nitrogen and oxygen atoms in total. The predicted molar refractivity (Wildman–Crippen MR) is 72.2 cm³/mol. The molecule has 0 spiro atoms. The highest BCUT2D eigenvalue weighted by atomic mass is 16.7. The lowest BCUT2D eigenvalue weighted by atomic mass is 10.2. The topological polar surface area (TPSA) is 69.6 Å². The maximum absolute atomic E-state index is 12.1. The van der Waals surface area contributed by atoms with Crippen LogP contribution in [0.5, 0.6) is 11.5 Å². The minimum atomic E-state index is -0.276. The number of carbonyl (C=O) groups is 1. The lowest BCUT2D eigenvalue weighted by Gasteiger charge is -2.07. The van der Waals surface area contributed by atoms with E-state index in [4.69, 9.17) is 9.47 Å². The molecule has 1 aliphatic rings. The minimum absolute atomic E-state index is 0.133. The standard InChI is InChI=1S/C14H12N2O4/c1-16-7-10(3-5-13(16)17)15-14(18)9-2-4-11-12(6-9)20-8-19-11/h2-7H,8H2,1H3,(H,15,18). The van der Waals surface area contributed by atoms with E-state index in [1.807, 2.05) is 0 Å². The molecule has 0 bridgehead atoms. The molecule has 0 saturated carbocycles. The van der Waals surface area contributed by atoms with Gasteiger partial charge in [0.05, 0.1) is 5.69 Å². The summed E-state index contributed by atoms with van der Waals surface area (Å²) < 4.78 is 11.8. The Bertz CT molecular complexity index is 736. The molecule has 0 saturated heterocycles. The number of aromatic nitrogens is 1. The molecule has 102 valence electrons. The second-order valence-corrected chi connectivity index (χ2v) is 4.39. The smallest absolute Gasteiger partial charge is 0.255 e. The van der Waals surface area contributed by atoms with E-state index >= 15 is 0 Å². The summed E-state index contributed by atoms with van der Waals surface area (Å²) in [5, 5.41) is 2.72. The van der Waals surface area contributed by atoms with Gasteiger partial charge in [-0.1, -0.05) is 0 Å². The van der Waals surface area contributed by atoms with Crippen LogP contribution in [0.4, 0.5) is 5.69 Å². The van der Waals surface area contributed by atoms with E-state index in [0.29, 0.717) is 22.7 Å². The van der Waals surface area contributed by atoms with Gasteiger partial charge < -0.3 is 19.4 Å². The molecule has 20 heavy (non-hydrogen) atoms. The van der Waals surface area contributed by atoms with Gasteiger partial charge in [-0.05, 0) is 24.3 Å². The summed E-state index contributed by atoms with van der Waals surface area (Å²) in [6.45, 7) is 0.168. The normalized spacial score (nSPS) is 12.2.